The monoisotopic (exact) mass is 195 g/mol. The number of rotatable bonds is 3. The Bertz CT molecular complexity index is 354. The average Bonchev–Trinajstić information content (AvgIpc) is 2.76. The second kappa shape index (κ2) is 3.06. The molecule has 1 aliphatic rings. The fraction of sp³-hybridized carbons (Fsp3) is 0.625. The van der Waals surface area contributed by atoms with Crippen LogP contribution in [0.2, 0.25) is 0 Å². The number of aryl methyl sites for hydroxylation is 1. The Hall–Kier alpha value is -1.43. The Kier molecular flexibility index (Phi) is 1.99. The quantitative estimate of drug-likeness (QED) is 0.642. The molecule has 6 heteroatoms. The van der Waals surface area contributed by atoms with Gasteiger partial charge in [-0.2, -0.15) is 5.10 Å². The molecule has 0 saturated heterocycles. The minimum absolute atomic E-state index is 0.107. The zero-order valence-electron chi connectivity index (χ0n) is 8.03. The number of aromatic nitrogens is 3. The first-order valence-corrected chi connectivity index (χ1v) is 4.52. The number of nitrogens with zero attached hydrogens (tertiary/aromatic N) is 3. The van der Waals surface area contributed by atoms with Crippen molar-refractivity contribution in [1.82, 2.24) is 20.1 Å². The number of carbonyl (C=O) groups is 1. The summed E-state index contributed by atoms with van der Waals surface area (Å²) in [5.74, 6) is 0.495. The van der Waals surface area contributed by atoms with Gasteiger partial charge in [-0.05, 0) is 12.8 Å². The largest absolute Gasteiger partial charge is 0.347 e. The maximum atomic E-state index is 11.4. The van der Waals surface area contributed by atoms with Gasteiger partial charge in [-0.25, -0.2) is 4.98 Å². The number of nitrogens with one attached hydrogen (secondary N) is 1. The topological polar surface area (TPSA) is 85.8 Å². The molecule has 1 fully saturated rings. The molecule has 14 heavy (non-hydrogen) atoms. The molecule has 76 valence electrons. The summed E-state index contributed by atoms with van der Waals surface area (Å²) in [7, 11) is 1.78. The molecule has 0 aromatic carbocycles. The third-order valence-corrected chi connectivity index (χ3v) is 2.29. The molecule has 1 saturated carbocycles. The van der Waals surface area contributed by atoms with E-state index in [-0.39, 0.29) is 5.91 Å². The van der Waals surface area contributed by atoms with Crippen LogP contribution < -0.4 is 11.1 Å². The summed E-state index contributed by atoms with van der Waals surface area (Å²) in [6.07, 6.45) is 3.14. The van der Waals surface area contributed by atoms with Gasteiger partial charge >= 0.3 is 0 Å². The molecule has 1 heterocycles. The van der Waals surface area contributed by atoms with Crippen molar-refractivity contribution >= 4 is 5.91 Å². The molecule has 0 aliphatic heterocycles. The van der Waals surface area contributed by atoms with Crippen LogP contribution in [0, 0.1) is 0 Å². The van der Waals surface area contributed by atoms with Gasteiger partial charge in [-0.15, -0.1) is 0 Å². The van der Waals surface area contributed by atoms with Crippen LogP contribution in [-0.4, -0.2) is 26.2 Å². The van der Waals surface area contributed by atoms with E-state index >= 15 is 0 Å². The zero-order valence-corrected chi connectivity index (χ0v) is 8.03. The molecule has 0 spiro atoms. The lowest BCUT2D eigenvalue weighted by Crippen LogP contribution is -2.42. The van der Waals surface area contributed by atoms with E-state index in [1.54, 1.807) is 18.1 Å². The van der Waals surface area contributed by atoms with Crippen molar-refractivity contribution in [3.63, 3.8) is 0 Å². The molecule has 3 N–H and O–H groups in total. The molecule has 0 unspecified atom stereocenters. The van der Waals surface area contributed by atoms with Crippen LogP contribution in [0.4, 0.5) is 0 Å². The van der Waals surface area contributed by atoms with Gasteiger partial charge in [0.25, 0.3) is 0 Å². The third-order valence-electron chi connectivity index (χ3n) is 2.29. The first-order valence-electron chi connectivity index (χ1n) is 4.52. The second-order valence-electron chi connectivity index (χ2n) is 3.67. The summed E-state index contributed by atoms with van der Waals surface area (Å²) in [5.41, 5.74) is 5.09. The van der Waals surface area contributed by atoms with Crippen molar-refractivity contribution in [2.24, 2.45) is 12.8 Å². The van der Waals surface area contributed by atoms with Crippen molar-refractivity contribution in [3.05, 3.63) is 12.2 Å². The predicted molar refractivity (Wildman–Crippen MR) is 49.0 cm³/mol. The first kappa shape index (κ1) is 9.14. The predicted octanol–water partition coefficient (Wildman–Crippen LogP) is -1.08. The highest BCUT2D eigenvalue weighted by Crippen LogP contribution is 2.32. The Morgan fingerprint density at radius 1 is 1.79 bits per heavy atom. The van der Waals surface area contributed by atoms with Gasteiger partial charge in [0.2, 0.25) is 5.91 Å². The minimum Gasteiger partial charge on any atom is -0.347 e. The van der Waals surface area contributed by atoms with E-state index in [1.165, 1.54) is 0 Å². The van der Waals surface area contributed by atoms with Gasteiger partial charge in [-0.1, -0.05) is 0 Å². The zero-order chi connectivity index (χ0) is 10.2. The number of amides is 1. The number of nitrogens with two attached hydrogens (primary N) is 1. The highest BCUT2D eigenvalue weighted by Gasteiger charge is 2.45. The van der Waals surface area contributed by atoms with E-state index < -0.39 is 5.54 Å². The Morgan fingerprint density at radius 2 is 2.50 bits per heavy atom. The van der Waals surface area contributed by atoms with Gasteiger partial charge in [0, 0.05) is 7.05 Å². The molecule has 1 amide bonds. The first-order chi connectivity index (χ1) is 6.60. The van der Waals surface area contributed by atoms with Crippen LogP contribution in [0.15, 0.2) is 6.33 Å². The Balaban J connectivity index is 1.85. The molecular weight excluding hydrogens is 182 g/mol. The highest BCUT2D eigenvalue weighted by atomic mass is 16.2. The SMILES string of the molecule is Cn1cnc(CNC(=O)C2(N)CC2)n1. The summed E-state index contributed by atoms with van der Waals surface area (Å²) in [4.78, 5) is 15.4. The van der Waals surface area contributed by atoms with Crippen LogP contribution in [0.5, 0.6) is 0 Å². The van der Waals surface area contributed by atoms with Crippen molar-refractivity contribution in [2.45, 2.75) is 24.9 Å². The van der Waals surface area contributed by atoms with Crippen LogP contribution >= 0.6 is 0 Å². The lowest BCUT2D eigenvalue weighted by Gasteiger charge is -2.07. The van der Waals surface area contributed by atoms with Gasteiger partial charge in [0.05, 0.1) is 12.1 Å². The molecular formula is C8H13N5O. The molecule has 6 nitrogen and oxygen atoms in total. The van der Waals surface area contributed by atoms with Crippen molar-refractivity contribution in [3.8, 4) is 0 Å². The summed E-state index contributed by atoms with van der Waals surface area (Å²) in [5, 5.41) is 6.75. The second-order valence-corrected chi connectivity index (χ2v) is 3.67. The summed E-state index contributed by atoms with van der Waals surface area (Å²) >= 11 is 0. The molecule has 1 aromatic rings. The maximum absolute atomic E-state index is 11.4. The summed E-state index contributed by atoms with van der Waals surface area (Å²) < 4.78 is 1.59. The van der Waals surface area contributed by atoms with Crippen LogP contribution in [0.25, 0.3) is 0 Å². The van der Waals surface area contributed by atoms with E-state index in [4.69, 9.17) is 5.73 Å². The lowest BCUT2D eigenvalue weighted by atomic mass is 10.3. The molecule has 1 aliphatic carbocycles. The molecule has 0 atom stereocenters. The lowest BCUT2D eigenvalue weighted by molar-refractivity contribution is -0.123. The van der Waals surface area contributed by atoms with E-state index in [0.29, 0.717) is 12.4 Å². The van der Waals surface area contributed by atoms with Crippen molar-refractivity contribution in [2.75, 3.05) is 0 Å². The third kappa shape index (κ3) is 1.74. The van der Waals surface area contributed by atoms with Crippen LogP contribution in [0.3, 0.4) is 0 Å². The molecule has 2 rings (SSSR count). The van der Waals surface area contributed by atoms with E-state index in [0.717, 1.165) is 12.8 Å². The molecule has 0 radical (unpaired) electrons. The van der Waals surface area contributed by atoms with Gasteiger partial charge in [0.15, 0.2) is 5.82 Å². The minimum atomic E-state index is -0.616. The number of hydrogen-bond acceptors (Lipinski definition) is 4. The molecule has 1 aromatic heterocycles. The Morgan fingerprint density at radius 3 is 3.00 bits per heavy atom. The summed E-state index contributed by atoms with van der Waals surface area (Å²) in [6.45, 7) is 0.346. The van der Waals surface area contributed by atoms with Gasteiger partial charge in [0.1, 0.15) is 6.33 Å². The van der Waals surface area contributed by atoms with Crippen molar-refractivity contribution < 1.29 is 4.79 Å². The van der Waals surface area contributed by atoms with Gasteiger partial charge in [-0.3, -0.25) is 9.48 Å². The maximum Gasteiger partial charge on any atom is 0.240 e. The van der Waals surface area contributed by atoms with E-state index in [1.807, 2.05) is 0 Å². The standard InChI is InChI=1S/C8H13N5O/c1-13-5-11-6(12-13)4-10-7(14)8(9)2-3-8/h5H,2-4,9H2,1H3,(H,10,14). The van der Waals surface area contributed by atoms with Crippen LogP contribution in [0.1, 0.15) is 18.7 Å². The van der Waals surface area contributed by atoms with Crippen molar-refractivity contribution in [1.29, 1.82) is 0 Å². The fourth-order valence-corrected chi connectivity index (χ4v) is 1.16. The summed E-state index contributed by atoms with van der Waals surface area (Å²) in [6, 6.07) is 0. The van der Waals surface area contributed by atoms with Crippen LogP contribution in [-0.2, 0) is 18.4 Å². The van der Waals surface area contributed by atoms with Gasteiger partial charge < -0.3 is 11.1 Å². The van der Waals surface area contributed by atoms with E-state index in [9.17, 15) is 4.79 Å². The Labute approximate surface area is 81.5 Å². The number of hydrogen-bond donors (Lipinski definition) is 2. The van der Waals surface area contributed by atoms with E-state index in [2.05, 4.69) is 15.4 Å². The number of carbonyl (C=O) groups excluding carboxylic acids is 1. The smallest absolute Gasteiger partial charge is 0.240 e. The normalized spacial score (nSPS) is 17.9. The highest BCUT2D eigenvalue weighted by molar-refractivity contribution is 5.88. The molecule has 0 bridgehead atoms. The fourth-order valence-electron chi connectivity index (χ4n) is 1.16. The average molecular weight is 195 g/mol.